The van der Waals surface area contributed by atoms with Gasteiger partial charge in [0, 0.05) is 18.0 Å². The van der Waals surface area contributed by atoms with Crippen LogP contribution in [-0.2, 0) is 0 Å². The van der Waals surface area contributed by atoms with Crippen molar-refractivity contribution in [2.24, 2.45) is 0 Å². The number of hydrogen-bond donors (Lipinski definition) is 1. The third-order valence-electron chi connectivity index (χ3n) is 5.49. The molecule has 31 heavy (non-hydrogen) atoms. The number of carbonyl (C=O) groups is 1. The van der Waals surface area contributed by atoms with Crippen LogP contribution in [0.4, 0.5) is 0 Å². The predicted molar refractivity (Wildman–Crippen MR) is 120 cm³/mol. The molecule has 1 amide bonds. The van der Waals surface area contributed by atoms with Gasteiger partial charge in [0.1, 0.15) is 11.3 Å². The zero-order valence-electron chi connectivity index (χ0n) is 17.9. The second kappa shape index (κ2) is 8.73. The van der Waals surface area contributed by atoms with Crippen molar-refractivity contribution < 1.29 is 18.8 Å². The minimum atomic E-state index is -0.528. The lowest BCUT2D eigenvalue weighted by Gasteiger charge is -2.25. The number of fused-ring (bicyclic) bond motifs is 2. The zero-order valence-corrected chi connectivity index (χ0v) is 18.7. The molecule has 1 N–H and O–H groups in total. The second-order valence-corrected chi connectivity index (χ2v) is 8.47. The number of nitrogens with one attached hydrogen (secondary N) is 1. The van der Waals surface area contributed by atoms with E-state index in [0.717, 1.165) is 18.5 Å². The summed E-state index contributed by atoms with van der Waals surface area (Å²) in [5.41, 5.74) is 1.33. The van der Waals surface area contributed by atoms with Gasteiger partial charge in [-0.15, -0.1) is 0 Å². The molecule has 7 heteroatoms. The van der Waals surface area contributed by atoms with Crippen LogP contribution in [0.15, 0.2) is 51.7 Å². The Labute approximate surface area is 186 Å². The Morgan fingerprint density at radius 3 is 2.71 bits per heavy atom. The van der Waals surface area contributed by atoms with Gasteiger partial charge in [-0.05, 0) is 42.8 Å². The molecule has 2 aromatic carbocycles. The van der Waals surface area contributed by atoms with E-state index in [0.29, 0.717) is 40.5 Å². The molecule has 0 fully saturated rings. The molecule has 1 aliphatic rings. The highest BCUT2D eigenvalue weighted by Gasteiger charge is 2.42. The van der Waals surface area contributed by atoms with E-state index >= 15 is 0 Å². The van der Waals surface area contributed by atoms with Crippen LogP contribution in [0.2, 0.25) is 5.02 Å². The quantitative estimate of drug-likeness (QED) is 0.612. The number of nitrogens with zero attached hydrogens (tertiary/aromatic N) is 1. The highest BCUT2D eigenvalue weighted by atomic mass is 35.5. The number of hydrogen-bond acceptors (Lipinski definition) is 4. The first-order valence-electron chi connectivity index (χ1n) is 10.5. The first-order valence-corrected chi connectivity index (χ1v) is 10.9. The Kier molecular flexibility index (Phi) is 6.03. The van der Waals surface area contributed by atoms with E-state index in [9.17, 15) is 9.59 Å². The van der Waals surface area contributed by atoms with Crippen molar-refractivity contribution in [3.05, 3.63) is 74.6 Å². The smallest absolute Gasteiger partial charge is 0.290 e. The van der Waals surface area contributed by atoms with Gasteiger partial charge in [-0.1, -0.05) is 23.7 Å². The maximum Gasteiger partial charge on any atom is 0.290 e. The molecule has 0 aliphatic carbocycles. The molecule has 0 saturated heterocycles. The van der Waals surface area contributed by atoms with Crippen LogP contribution < -0.4 is 15.1 Å². The van der Waals surface area contributed by atoms with Gasteiger partial charge in [0.15, 0.2) is 5.43 Å². The predicted octanol–water partition coefficient (Wildman–Crippen LogP) is 2.92. The summed E-state index contributed by atoms with van der Waals surface area (Å²) in [6.07, 6.45) is 0.809. The molecule has 2 heterocycles. The van der Waals surface area contributed by atoms with Gasteiger partial charge < -0.3 is 19.0 Å². The van der Waals surface area contributed by atoms with Gasteiger partial charge in [-0.2, -0.15) is 0 Å². The van der Waals surface area contributed by atoms with Crippen molar-refractivity contribution in [2.45, 2.75) is 19.4 Å². The Bertz CT molecular complexity index is 1190. The summed E-state index contributed by atoms with van der Waals surface area (Å²) in [6.45, 7) is 3.88. The van der Waals surface area contributed by atoms with Crippen molar-refractivity contribution >= 4 is 28.5 Å². The summed E-state index contributed by atoms with van der Waals surface area (Å²) in [7, 11) is 4.15. The summed E-state index contributed by atoms with van der Waals surface area (Å²) in [6, 6.07) is 11.9. The SMILES string of the molecule is CCOc1cccc([C@H]2c3c(oc4ccc(Cl)cc4c3=O)C(=O)N2CCC[NH+](C)C)c1. The first kappa shape index (κ1) is 21.4. The molecular weight excluding hydrogens is 416 g/mol. The van der Waals surface area contributed by atoms with E-state index in [2.05, 4.69) is 14.1 Å². The van der Waals surface area contributed by atoms with E-state index in [-0.39, 0.29) is 17.1 Å². The number of rotatable bonds is 7. The lowest BCUT2D eigenvalue weighted by molar-refractivity contribution is -0.858. The third-order valence-corrected chi connectivity index (χ3v) is 5.72. The van der Waals surface area contributed by atoms with Crippen LogP contribution >= 0.6 is 11.6 Å². The van der Waals surface area contributed by atoms with Crippen LogP contribution in [0.1, 0.15) is 41.1 Å². The minimum Gasteiger partial charge on any atom is -0.494 e. The zero-order chi connectivity index (χ0) is 22.1. The molecule has 1 aliphatic heterocycles. The topological polar surface area (TPSA) is 64.2 Å². The number of ether oxygens (including phenoxy) is 1. The molecule has 1 aromatic heterocycles. The van der Waals surface area contributed by atoms with Crippen molar-refractivity contribution in [1.29, 1.82) is 0 Å². The lowest BCUT2D eigenvalue weighted by Crippen LogP contribution is -3.05. The van der Waals surface area contributed by atoms with E-state index in [1.165, 1.54) is 4.90 Å². The fourth-order valence-corrected chi connectivity index (χ4v) is 4.29. The molecule has 3 aromatic rings. The van der Waals surface area contributed by atoms with Crippen LogP contribution in [-0.4, -0.2) is 44.6 Å². The summed E-state index contributed by atoms with van der Waals surface area (Å²) < 4.78 is 11.6. The maximum atomic E-state index is 13.5. The third kappa shape index (κ3) is 4.05. The highest BCUT2D eigenvalue weighted by Crippen LogP contribution is 2.39. The number of quaternary nitrogens is 1. The molecule has 0 bridgehead atoms. The molecule has 162 valence electrons. The minimum absolute atomic E-state index is 0.115. The van der Waals surface area contributed by atoms with Gasteiger partial charge in [0.2, 0.25) is 5.76 Å². The lowest BCUT2D eigenvalue weighted by atomic mass is 9.98. The van der Waals surface area contributed by atoms with Crippen LogP contribution in [0.25, 0.3) is 11.0 Å². The van der Waals surface area contributed by atoms with Gasteiger partial charge in [-0.25, -0.2) is 0 Å². The van der Waals surface area contributed by atoms with Crippen LogP contribution in [0.3, 0.4) is 0 Å². The molecule has 0 saturated carbocycles. The van der Waals surface area contributed by atoms with Crippen molar-refractivity contribution in [2.75, 3.05) is 33.8 Å². The Morgan fingerprint density at radius 2 is 1.97 bits per heavy atom. The molecular formula is C24H26ClN2O4+. The first-order chi connectivity index (χ1) is 14.9. The Balaban J connectivity index is 1.87. The summed E-state index contributed by atoms with van der Waals surface area (Å²) >= 11 is 6.13. The fraction of sp³-hybridized carbons (Fsp3) is 0.333. The van der Waals surface area contributed by atoms with E-state index in [4.69, 9.17) is 20.8 Å². The highest BCUT2D eigenvalue weighted by molar-refractivity contribution is 6.31. The molecule has 1 atom stereocenters. The summed E-state index contributed by atoms with van der Waals surface area (Å²) in [5.74, 6) is 0.556. The molecule has 4 rings (SSSR count). The Morgan fingerprint density at radius 1 is 1.16 bits per heavy atom. The number of amides is 1. The van der Waals surface area contributed by atoms with E-state index in [1.54, 1.807) is 23.1 Å². The van der Waals surface area contributed by atoms with Gasteiger partial charge in [0.25, 0.3) is 5.91 Å². The normalized spacial score (nSPS) is 15.7. The monoisotopic (exact) mass is 441 g/mol. The van der Waals surface area contributed by atoms with E-state index in [1.807, 2.05) is 31.2 Å². The molecule has 0 radical (unpaired) electrons. The average molecular weight is 442 g/mol. The molecule has 0 spiro atoms. The molecule has 6 nitrogen and oxygen atoms in total. The van der Waals surface area contributed by atoms with Gasteiger partial charge >= 0.3 is 0 Å². The maximum absolute atomic E-state index is 13.5. The van der Waals surface area contributed by atoms with Crippen molar-refractivity contribution in [3.8, 4) is 5.75 Å². The van der Waals surface area contributed by atoms with Gasteiger partial charge in [-0.3, -0.25) is 9.59 Å². The number of halogens is 1. The van der Waals surface area contributed by atoms with Crippen LogP contribution in [0, 0.1) is 0 Å². The van der Waals surface area contributed by atoms with Gasteiger partial charge in [0.05, 0.1) is 44.2 Å². The summed E-state index contributed by atoms with van der Waals surface area (Å²) in [5, 5.41) is 0.828. The largest absolute Gasteiger partial charge is 0.494 e. The Hall–Kier alpha value is -2.83. The van der Waals surface area contributed by atoms with Crippen molar-refractivity contribution in [1.82, 2.24) is 4.90 Å². The average Bonchev–Trinajstić information content (AvgIpc) is 3.01. The number of carbonyl (C=O) groups excluding carboxylic acids is 1. The van der Waals surface area contributed by atoms with Crippen molar-refractivity contribution in [3.63, 3.8) is 0 Å². The van der Waals surface area contributed by atoms with Crippen LogP contribution in [0.5, 0.6) is 5.75 Å². The molecule has 0 unspecified atom stereocenters. The fourth-order valence-electron chi connectivity index (χ4n) is 4.11. The summed E-state index contributed by atoms with van der Waals surface area (Å²) in [4.78, 5) is 29.9. The number of benzene rings is 2. The second-order valence-electron chi connectivity index (χ2n) is 8.03. The standard InChI is InChI=1S/C24H25ClN2O4/c1-4-30-17-8-5-7-15(13-17)21-20-22(28)18-14-16(25)9-10-19(18)31-23(20)24(29)27(21)12-6-11-26(2)3/h5,7-10,13-14,21H,4,6,11-12H2,1-3H3/p+1/t21-/m0/s1. The van der Waals surface area contributed by atoms with E-state index < -0.39 is 6.04 Å².